The second-order valence-electron chi connectivity index (χ2n) is 10.5. The fourth-order valence-corrected chi connectivity index (χ4v) is 5.01. The van der Waals surface area contributed by atoms with E-state index in [2.05, 4.69) is 6.58 Å². The van der Waals surface area contributed by atoms with Crippen LogP contribution in [0.4, 0.5) is 8.78 Å². The average molecular weight is 471 g/mol. The molecular weight excluding hydrogens is 436 g/mol. The zero-order valence-electron chi connectivity index (χ0n) is 20.5. The third kappa shape index (κ3) is 5.91. The van der Waals surface area contributed by atoms with Gasteiger partial charge in [0.1, 0.15) is 5.82 Å². The predicted octanol–water partition coefficient (Wildman–Crippen LogP) is 7.16. The number of aryl methyl sites for hydroxylation is 1. The lowest BCUT2D eigenvalue weighted by atomic mass is 9.73. The zero-order chi connectivity index (χ0) is 25.1. The van der Waals surface area contributed by atoms with Gasteiger partial charge in [-0.3, -0.25) is 0 Å². The summed E-state index contributed by atoms with van der Waals surface area (Å²) in [5.41, 5.74) is 0.152. The summed E-state index contributed by atoms with van der Waals surface area (Å²) in [6.45, 7) is 11.2. The van der Waals surface area contributed by atoms with Crippen molar-refractivity contribution in [3.63, 3.8) is 0 Å². The molecule has 1 fully saturated rings. The van der Waals surface area contributed by atoms with E-state index in [9.17, 15) is 18.8 Å². The molecule has 0 atom stereocenters. The highest BCUT2D eigenvalue weighted by atomic mass is 19.1. The summed E-state index contributed by atoms with van der Waals surface area (Å²) in [4.78, 5) is 12.5. The Morgan fingerprint density at radius 2 is 1.74 bits per heavy atom. The lowest BCUT2D eigenvalue weighted by Crippen LogP contribution is -2.57. The van der Waals surface area contributed by atoms with Gasteiger partial charge < -0.3 is 4.74 Å². The molecule has 2 aromatic rings. The number of ether oxygens (including phenoxy) is 1. The first-order chi connectivity index (χ1) is 15.9. The summed E-state index contributed by atoms with van der Waals surface area (Å²) in [7, 11) is 0. The van der Waals surface area contributed by atoms with Crippen LogP contribution in [-0.2, 0) is 11.6 Å². The maximum atomic E-state index is 14.9. The van der Waals surface area contributed by atoms with Crippen molar-refractivity contribution in [1.82, 2.24) is 5.06 Å². The van der Waals surface area contributed by atoms with Gasteiger partial charge in [-0.2, -0.15) is 0 Å². The Bertz CT molecular complexity index is 1030. The van der Waals surface area contributed by atoms with Crippen molar-refractivity contribution in [2.45, 2.75) is 83.2 Å². The minimum absolute atomic E-state index is 0.00841. The molecule has 1 heterocycles. The van der Waals surface area contributed by atoms with E-state index in [4.69, 9.17) is 4.74 Å². The van der Waals surface area contributed by atoms with Crippen molar-refractivity contribution < 1.29 is 23.5 Å². The van der Waals surface area contributed by atoms with Crippen molar-refractivity contribution >= 4 is 5.97 Å². The number of hydrogen-bond acceptors (Lipinski definition) is 3. The number of hydroxylamine groups is 2. The third-order valence-corrected chi connectivity index (χ3v) is 6.60. The normalized spacial score (nSPS) is 18.0. The first kappa shape index (κ1) is 26.0. The molecule has 0 saturated carbocycles. The summed E-state index contributed by atoms with van der Waals surface area (Å²) < 4.78 is 34.6. The highest BCUT2D eigenvalue weighted by molar-refractivity contribution is 5.91. The van der Waals surface area contributed by atoms with Gasteiger partial charge in [0.15, 0.2) is 11.6 Å². The van der Waals surface area contributed by atoms with Crippen LogP contribution in [0.5, 0.6) is 5.75 Å². The number of halogens is 2. The predicted molar refractivity (Wildman–Crippen MR) is 128 cm³/mol. The number of esters is 1. The topological polar surface area (TPSA) is 49.4 Å². The molecular formula is C28H34F2NO3. The lowest BCUT2D eigenvalue weighted by molar-refractivity contribution is -0.289. The standard InChI is InChI=1S/C28H34F2NO3/c1-6-7-8-9-10-19-11-13-22(23(29)15-19)26(32)34-25-14-12-20(16-24(25)30)21-17-27(2,3)31(33)28(4,5)18-21/h6,11-16,21H,1,7-10,17-18H2,2-5H3. The van der Waals surface area contributed by atoms with Crippen LogP contribution in [0.2, 0.25) is 0 Å². The Kier molecular flexibility index (Phi) is 7.94. The van der Waals surface area contributed by atoms with E-state index in [0.717, 1.165) is 35.5 Å². The summed E-state index contributed by atoms with van der Waals surface area (Å²) in [6, 6.07) is 8.87. The number of allylic oxidation sites excluding steroid dienone is 1. The molecule has 0 unspecified atom stereocenters. The van der Waals surface area contributed by atoms with Crippen LogP contribution in [0, 0.1) is 11.6 Å². The first-order valence-electron chi connectivity index (χ1n) is 11.8. The molecule has 1 saturated heterocycles. The van der Waals surface area contributed by atoms with Crippen LogP contribution in [-0.4, -0.2) is 22.1 Å². The van der Waals surface area contributed by atoms with E-state index >= 15 is 0 Å². The maximum absolute atomic E-state index is 14.9. The number of unbranched alkanes of at least 4 members (excludes halogenated alkanes) is 2. The van der Waals surface area contributed by atoms with Gasteiger partial charge in [0.05, 0.1) is 5.56 Å². The quantitative estimate of drug-likeness (QED) is 0.178. The highest BCUT2D eigenvalue weighted by Gasteiger charge is 2.46. The van der Waals surface area contributed by atoms with Gasteiger partial charge in [-0.25, -0.2) is 13.6 Å². The average Bonchev–Trinajstić information content (AvgIpc) is 2.76. The van der Waals surface area contributed by atoms with Crippen molar-refractivity contribution in [2.24, 2.45) is 0 Å². The summed E-state index contributed by atoms with van der Waals surface area (Å²) in [5, 5.41) is 13.7. The number of nitrogens with zero attached hydrogens (tertiary/aromatic N) is 1. The van der Waals surface area contributed by atoms with E-state index in [0.29, 0.717) is 19.3 Å². The molecule has 1 radical (unpaired) electrons. The van der Waals surface area contributed by atoms with Crippen molar-refractivity contribution in [1.29, 1.82) is 0 Å². The number of piperidine rings is 1. The Balaban J connectivity index is 1.70. The summed E-state index contributed by atoms with van der Waals surface area (Å²) in [5.74, 6) is -2.57. The third-order valence-electron chi connectivity index (χ3n) is 6.60. The Hall–Kier alpha value is -2.57. The number of carbonyl (C=O) groups is 1. The molecule has 0 amide bonds. The minimum Gasteiger partial charge on any atom is -0.420 e. The van der Waals surface area contributed by atoms with Gasteiger partial charge in [0.2, 0.25) is 0 Å². The summed E-state index contributed by atoms with van der Waals surface area (Å²) >= 11 is 0. The largest absolute Gasteiger partial charge is 0.420 e. The molecule has 6 heteroatoms. The molecule has 4 nitrogen and oxygen atoms in total. The van der Waals surface area contributed by atoms with Crippen molar-refractivity contribution in [3.05, 3.63) is 77.4 Å². The van der Waals surface area contributed by atoms with E-state index in [-0.39, 0.29) is 17.2 Å². The molecule has 1 aliphatic rings. The van der Waals surface area contributed by atoms with Crippen LogP contribution in [0.15, 0.2) is 49.1 Å². The zero-order valence-corrected chi connectivity index (χ0v) is 20.5. The van der Waals surface area contributed by atoms with Gasteiger partial charge >= 0.3 is 5.97 Å². The Morgan fingerprint density at radius 1 is 1.06 bits per heavy atom. The molecule has 0 aliphatic carbocycles. The highest BCUT2D eigenvalue weighted by Crippen LogP contribution is 2.45. The molecule has 1 aliphatic heterocycles. The minimum atomic E-state index is -0.940. The Morgan fingerprint density at radius 3 is 2.32 bits per heavy atom. The van der Waals surface area contributed by atoms with E-state index in [1.165, 1.54) is 24.3 Å². The molecule has 0 bridgehead atoms. The van der Waals surface area contributed by atoms with Gasteiger partial charge in [-0.15, -0.1) is 16.8 Å². The van der Waals surface area contributed by atoms with Crippen LogP contribution in [0.1, 0.15) is 87.2 Å². The molecule has 2 aromatic carbocycles. The Labute approximate surface area is 201 Å². The summed E-state index contributed by atoms with van der Waals surface area (Å²) in [6.07, 6.45) is 6.50. The number of rotatable bonds is 8. The fourth-order valence-electron chi connectivity index (χ4n) is 5.01. The van der Waals surface area contributed by atoms with Crippen LogP contribution in [0.3, 0.4) is 0 Å². The molecule has 3 rings (SSSR count). The van der Waals surface area contributed by atoms with Crippen molar-refractivity contribution in [3.8, 4) is 5.75 Å². The van der Waals surface area contributed by atoms with E-state index in [1.54, 1.807) is 12.1 Å². The molecule has 183 valence electrons. The first-order valence-corrected chi connectivity index (χ1v) is 11.8. The maximum Gasteiger partial charge on any atom is 0.346 e. The van der Waals surface area contributed by atoms with Gasteiger partial charge in [0.25, 0.3) is 0 Å². The van der Waals surface area contributed by atoms with E-state index in [1.807, 2.05) is 33.8 Å². The number of benzene rings is 2. The van der Waals surface area contributed by atoms with Crippen LogP contribution in [0.25, 0.3) is 0 Å². The molecule has 0 spiro atoms. The SMILES string of the molecule is C=CCCCCc1ccc(C(=O)Oc2ccc(C3CC(C)(C)N([O])C(C)(C)C3)cc2F)c(F)c1. The number of hydrogen-bond donors (Lipinski definition) is 0. The van der Waals surface area contributed by atoms with Crippen LogP contribution < -0.4 is 4.74 Å². The van der Waals surface area contributed by atoms with E-state index < -0.39 is 28.7 Å². The fraction of sp³-hybridized carbons (Fsp3) is 0.464. The van der Waals surface area contributed by atoms with Gasteiger partial charge in [-0.1, -0.05) is 18.2 Å². The molecule has 0 N–H and O–H groups in total. The van der Waals surface area contributed by atoms with Crippen molar-refractivity contribution in [2.75, 3.05) is 0 Å². The van der Waals surface area contributed by atoms with Gasteiger partial charge in [-0.05, 0) is 108 Å². The molecule has 34 heavy (non-hydrogen) atoms. The smallest absolute Gasteiger partial charge is 0.346 e. The number of carbonyl (C=O) groups excluding carboxylic acids is 1. The second kappa shape index (κ2) is 10.4. The lowest BCUT2D eigenvalue weighted by Gasteiger charge is -2.50. The van der Waals surface area contributed by atoms with Crippen LogP contribution >= 0.6 is 0 Å². The monoisotopic (exact) mass is 470 g/mol. The van der Waals surface area contributed by atoms with Gasteiger partial charge in [0, 0.05) is 11.1 Å². The second-order valence-corrected chi connectivity index (χ2v) is 10.5. The molecule has 0 aromatic heterocycles.